The molecule has 0 spiro atoms. The first-order valence-electron chi connectivity index (χ1n) is 7.22. The van der Waals surface area contributed by atoms with E-state index in [1.807, 2.05) is 13.0 Å². The zero-order valence-electron chi connectivity index (χ0n) is 13.2. The predicted molar refractivity (Wildman–Crippen MR) is 85.1 cm³/mol. The van der Waals surface area contributed by atoms with Gasteiger partial charge in [-0.2, -0.15) is 0 Å². The molecule has 1 aliphatic rings. The summed E-state index contributed by atoms with van der Waals surface area (Å²) in [6.45, 7) is 5.59. The number of hydrogen-bond donors (Lipinski definition) is 1. The average Bonchev–Trinajstić information content (AvgIpc) is 2.46. The molecule has 2 heterocycles. The van der Waals surface area contributed by atoms with Crippen molar-refractivity contribution < 1.29 is 13.7 Å². The number of ether oxygens (including phenoxy) is 1. The number of nitrogens with zero attached hydrogens (tertiary/aromatic N) is 3. The largest absolute Gasteiger partial charge is 0.369 e. The Morgan fingerprint density at radius 3 is 3.00 bits per heavy atom. The Morgan fingerprint density at radius 1 is 1.55 bits per heavy atom. The fourth-order valence-electron chi connectivity index (χ4n) is 2.28. The lowest BCUT2D eigenvalue weighted by atomic mass is 10.2. The van der Waals surface area contributed by atoms with Crippen LogP contribution in [0.2, 0.25) is 0 Å². The van der Waals surface area contributed by atoms with Crippen LogP contribution < -0.4 is 5.32 Å². The molecule has 2 atom stereocenters. The molecule has 0 bridgehead atoms. The van der Waals surface area contributed by atoms with Crippen molar-refractivity contribution in [3.05, 3.63) is 17.6 Å². The van der Waals surface area contributed by atoms with Crippen molar-refractivity contribution in [3.8, 4) is 0 Å². The van der Waals surface area contributed by atoms with Gasteiger partial charge in [0.05, 0.1) is 18.8 Å². The average molecular weight is 326 g/mol. The van der Waals surface area contributed by atoms with Crippen LogP contribution in [0.1, 0.15) is 24.5 Å². The van der Waals surface area contributed by atoms with Gasteiger partial charge in [0.25, 0.3) is 0 Å². The first kappa shape index (κ1) is 16.8. The van der Waals surface area contributed by atoms with Crippen molar-refractivity contribution in [2.45, 2.75) is 20.0 Å². The lowest BCUT2D eigenvalue weighted by molar-refractivity contribution is -0.136. The molecule has 0 radical (unpaired) electrons. The third kappa shape index (κ3) is 4.74. The summed E-state index contributed by atoms with van der Waals surface area (Å²) in [5.74, 6) is 1.94. The molecule has 8 heteroatoms. The summed E-state index contributed by atoms with van der Waals surface area (Å²) in [6.07, 6.45) is 1.44. The topological polar surface area (TPSA) is 84.4 Å². The van der Waals surface area contributed by atoms with Crippen molar-refractivity contribution in [1.82, 2.24) is 14.9 Å². The van der Waals surface area contributed by atoms with Crippen LogP contribution >= 0.6 is 0 Å². The van der Waals surface area contributed by atoms with Crippen LogP contribution in [0.15, 0.2) is 6.07 Å². The summed E-state index contributed by atoms with van der Waals surface area (Å²) in [4.78, 5) is 22.0. The highest BCUT2D eigenvalue weighted by molar-refractivity contribution is 7.84. The summed E-state index contributed by atoms with van der Waals surface area (Å²) < 4.78 is 16.8. The number of anilines is 1. The monoisotopic (exact) mass is 326 g/mol. The number of amides is 1. The highest BCUT2D eigenvalue weighted by atomic mass is 32.2. The fraction of sp³-hybridized carbons (Fsp3) is 0.643. The third-order valence-corrected chi connectivity index (χ3v) is 4.17. The molecule has 7 nitrogen and oxygen atoms in total. The Bertz CT molecular complexity index is 567. The maximum atomic E-state index is 11.5. The quantitative estimate of drug-likeness (QED) is 0.848. The van der Waals surface area contributed by atoms with E-state index in [2.05, 4.69) is 15.3 Å². The molecule has 0 saturated carbocycles. The molecule has 1 aromatic heterocycles. The van der Waals surface area contributed by atoms with Gasteiger partial charge in [-0.05, 0) is 6.92 Å². The van der Waals surface area contributed by atoms with E-state index in [9.17, 15) is 9.00 Å². The SMILES string of the molecule is CC(=O)N1CCO[C@H](c2cc(NCC[S@@](C)=O)nc(C)n2)C1. The van der Waals surface area contributed by atoms with Crippen molar-refractivity contribution in [3.63, 3.8) is 0 Å². The van der Waals surface area contributed by atoms with Gasteiger partial charge in [0.15, 0.2) is 0 Å². The van der Waals surface area contributed by atoms with Gasteiger partial charge in [0.2, 0.25) is 5.91 Å². The summed E-state index contributed by atoms with van der Waals surface area (Å²) >= 11 is 0. The van der Waals surface area contributed by atoms with Crippen molar-refractivity contribution in [1.29, 1.82) is 0 Å². The highest BCUT2D eigenvalue weighted by Gasteiger charge is 2.25. The van der Waals surface area contributed by atoms with Crippen LogP contribution in [0.5, 0.6) is 0 Å². The van der Waals surface area contributed by atoms with Gasteiger partial charge < -0.3 is 15.0 Å². The molecule has 0 aromatic carbocycles. The van der Waals surface area contributed by atoms with Crippen molar-refractivity contribution in [2.75, 3.05) is 43.6 Å². The lowest BCUT2D eigenvalue weighted by Crippen LogP contribution is -2.41. The Morgan fingerprint density at radius 2 is 2.32 bits per heavy atom. The van der Waals surface area contributed by atoms with Crippen LogP contribution in [0, 0.1) is 6.92 Å². The van der Waals surface area contributed by atoms with E-state index in [1.165, 1.54) is 0 Å². The van der Waals surface area contributed by atoms with Crippen molar-refractivity contribution >= 4 is 22.5 Å². The number of aromatic nitrogens is 2. The second-order valence-corrected chi connectivity index (χ2v) is 6.81. The van der Waals surface area contributed by atoms with Crippen LogP contribution in [-0.4, -0.2) is 63.2 Å². The molecule has 1 fully saturated rings. The molecule has 1 aliphatic heterocycles. The minimum Gasteiger partial charge on any atom is -0.369 e. The molecular formula is C14H22N4O3S. The molecule has 2 rings (SSSR count). The Labute approximate surface area is 132 Å². The summed E-state index contributed by atoms with van der Waals surface area (Å²) in [5.41, 5.74) is 0.763. The third-order valence-electron chi connectivity index (χ3n) is 3.40. The van der Waals surface area contributed by atoms with E-state index in [1.54, 1.807) is 18.1 Å². The number of hydrogen-bond acceptors (Lipinski definition) is 6. The van der Waals surface area contributed by atoms with Gasteiger partial charge >= 0.3 is 0 Å². The highest BCUT2D eigenvalue weighted by Crippen LogP contribution is 2.22. The molecule has 1 aromatic rings. The second kappa shape index (κ2) is 7.64. The van der Waals surface area contributed by atoms with E-state index in [4.69, 9.17) is 4.74 Å². The zero-order chi connectivity index (χ0) is 16.1. The molecule has 1 N–H and O–H groups in total. The van der Waals surface area contributed by atoms with E-state index < -0.39 is 10.8 Å². The standard InChI is InChI=1S/C14H22N4O3S/c1-10-16-12(8-14(17-10)15-4-7-22(3)20)13-9-18(11(2)19)5-6-21-13/h8,13H,4-7,9H2,1-3H3,(H,15,16,17)/t13-,22+/m0/s1. The Kier molecular flexibility index (Phi) is 5.84. The molecule has 1 saturated heterocycles. The van der Waals surface area contributed by atoms with Gasteiger partial charge in [-0.25, -0.2) is 9.97 Å². The number of aryl methyl sites for hydroxylation is 1. The van der Waals surface area contributed by atoms with Crippen LogP contribution in [0.3, 0.4) is 0 Å². The molecule has 1 amide bonds. The minimum absolute atomic E-state index is 0.0443. The Balaban J connectivity index is 2.08. The zero-order valence-corrected chi connectivity index (χ0v) is 14.0. The van der Waals surface area contributed by atoms with Gasteiger partial charge in [-0.3, -0.25) is 9.00 Å². The summed E-state index contributed by atoms with van der Waals surface area (Å²) in [6, 6.07) is 1.83. The number of nitrogens with one attached hydrogen (secondary N) is 1. The number of morpholine rings is 1. The first-order chi connectivity index (χ1) is 10.5. The van der Waals surface area contributed by atoms with Gasteiger partial charge in [-0.1, -0.05) is 0 Å². The van der Waals surface area contributed by atoms with E-state index in [0.717, 1.165) is 5.69 Å². The maximum absolute atomic E-state index is 11.5. The number of carbonyl (C=O) groups excluding carboxylic acids is 1. The van der Waals surface area contributed by atoms with Gasteiger partial charge in [0, 0.05) is 48.9 Å². The number of rotatable bonds is 5. The van der Waals surface area contributed by atoms with Crippen molar-refractivity contribution in [2.24, 2.45) is 0 Å². The second-order valence-electron chi connectivity index (χ2n) is 5.25. The van der Waals surface area contributed by atoms with Crippen LogP contribution in [0.25, 0.3) is 0 Å². The van der Waals surface area contributed by atoms with E-state index >= 15 is 0 Å². The van der Waals surface area contributed by atoms with Gasteiger partial charge in [-0.15, -0.1) is 0 Å². The minimum atomic E-state index is -0.839. The molecule has 0 unspecified atom stereocenters. The first-order valence-corrected chi connectivity index (χ1v) is 8.95. The fourth-order valence-corrected chi connectivity index (χ4v) is 2.67. The summed E-state index contributed by atoms with van der Waals surface area (Å²) in [7, 11) is -0.839. The lowest BCUT2D eigenvalue weighted by Gasteiger charge is -2.32. The molecule has 122 valence electrons. The predicted octanol–water partition coefficient (Wildman–Crippen LogP) is 0.495. The maximum Gasteiger partial charge on any atom is 0.219 e. The van der Waals surface area contributed by atoms with E-state index in [0.29, 0.717) is 43.6 Å². The molecule has 0 aliphatic carbocycles. The molecule has 22 heavy (non-hydrogen) atoms. The number of carbonyl (C=O) groups is 1. The van der Waals surface area contributed by atoms with Crippen LogP contribution in [-0.2, 0) is 20.3 Å². The van der Waals surface area contributed by atoms with Crippen LogP contribution in [0.4, 0.5) is 5.82 Å². The Hall–Kier alpha value is -1.54. The smallest absolute Gasteiger partial charge is 0.219 e. The summed E-state index contributed by atoms with van der Waals surface area (Å²) in [5, 5.41) is 3.15. The van der Waals surface area contributed by atoms with E-state index in [-0.39, 0.29) is 12.0 Å². The van der Waals surface area contributed by atoms with Gasteiger partial charge in [0.1, 0.15) is 17.7 Å². The normalized spacial score (nSPS) is 19.8. The molecular weight excluding hydrogens is 304 g/mol.